The summed E-state index contributed by atoms with van der Waals surface area (Å²) < 4.78 is 2.11. The monoisotopic (exact) mass is 326 g/mol. The van der Waals surface area contributed by atoms with Crippen LogP contribution in [0.1, 0.15) is 35.6 Å². The SMILES string of the molecule is Cc1nc(N2CCCC2)nc2c1CCN(Cc1nccn1C)CC2. The molecule has 1 fully saturated rings. The molecule has 0 amide bonds. The zero-order valence-electron chi connectivity index (χ0n) is 14.7. The maximum atomic E-state index is 4.93. The van der Waals surface area contributed by atoms with Crippen molar-refractivity contribution in [3.8, 4) is 0 Å². The summed E-state index contributed by atoms with van der Waals surface area (Å²) in [6.07, 6.45) is 8.45. The number of aryl methyl sites for hydroxylation is 2. The van der Waals surface area contributed by atoms with Crippen LogP contribution < -0.4 is 4.90 Å². The highest BCUT2D eigenvalue weighted by Gasteiger charge is 2.22. The van der Waals surface area contributed by atoms with Gasteiger partial charge in [0.05, 0.1) is 12.2 Å². The Morgan fingerprint density at radius 1 is 1.04 bits per heavy atom. The van der Waals surface area contributed by atoms with Crippen molar-refractivity contribution >= 4 is 5.95 Å². The zero-order valence-corrected chi connectivity index (χ0v) is 14.7. The molecule has 0 N–H and O–H groups in total. The molecule has 0 bridgehead atoms. The van der Waals surface area contributed by atoms with Crippen LogP contribution in [0.5, 0.6) is 0 Å². The second-order valence-corrected chi connectivity index (χ2v) is 6.96. The first-order valence-corrected chi connectivity index (χ1v) is 9.00. The van der Waals surface area contributed by atoms with E-state index in [1.165, 1.54) is 29.8 Å². The van der Waals surface area contributed by atoms with E-state index in [0.29, 0.717) is 0 Å². The van der Waals surface area contributed by atoms with Crippen LogP contribution in [0.4, 0.5) is 5.95 Å². The van der Waals surface area contributed by atoms with E-state index in [1.807, 2.05) is 12.4 Å². The molecular formula is C18H26N6. The van der Waals surface area contributed by atoms with E-state index in [0.717, 1.165) is 57.3 Å². The van der Waals surface area contributed by atoms with Crippen LogP contribution in [0.2, 0.25) is 0 Å². The van der Waals surface area contributed by atoms with Crippen molar-refractivity contribution in [2.45, 2.75) is 39.2 Å². The normalized spacial score (nSPS) is 18.7. The highest BCUT2D eigenvalue weighted by Crippen LogP contribution is 2.23. The van der Waals surface area contributed by atoms with Gasteiger partial charge in [0, 0.05) is 57.7 Å². The number of hydrogen-bond donors (Lipinski definition) is 0. The van der Waals surface area contributed by atoms with Crippen LogP contribution >= 0.6 is 0 Å². The van der Waals surface area contributed by atoms with E-state index in [-0.39, 0.29) is 0 Å². The van der Waals surface area contributed by atoms with Crippen LogP contribution in [0.15, 0.2) is 12.4 Å². The van der Waals surface area contributed by atoms with Gasteiger partial charge in [0.2, 0.25) is 5.95 Å². The minimum absolute atomic E-state index is 0.906. The maximum Gasteiger partial charge on any atom is 0.225 e. The molecule has 0 aromatic carbocycles. The molecular weight excluding hydrogens is 300 g/mol. The molecule has 2 aromatic heterocycles. The molecule has 0 saturated carbocycles. The van der Waals surface area contributed by atoms with Gasteiger partial charge in [0.15, 0.2) is 0 Å². The third kappa shape index (κ3) is 3.02. The summed E-state index contributed by atoms with van der Waals surface area (Å²) in [5.74, 6) is 2.07. The van der Waals surface area contributed by atoms with Crippen molar-refractivity contribution in [3.63, 3.8) is 0 Å². The molecule has 2 aromatic rings. The Morgan fingerprint density at radius 2 is 1.83 bits per heavy atom. The van der Waals surface area contributed by atoms with Gasteiger partial charge >= 0.3 is 0 Å². The van der Waals surface area contributed by atoms with Crippen molar-refractivity contribution in [1.82, 2.24) is 24.4 Å². The standard InChI is InChI=1S/C18H26N6/c1-14-15-5-10-23(13-17-19-7-12-22(17)2)11-6-16(15)21-18(20-14)24-8-3-4-9-24/h7,12H,3-6,8-11,13H2,1-2H3. The van der Waals surface area contributed by atoms with E-state index >= 15 is 0 Å². The Bertz CT molecular complexity index is 716. The van der Waals surface area contributed by atoms with E-state index in [2.05, 4.69) is 33.3 Å². The Morgan fingerprint density at radius 3 is 2.58 bits per heavy atom. The van der Waals surface area contributed by atoms with Gasteiger partial charge in [-0.15, -0.1) is 0 Å². The number of imidazole rings is 1. The smallest absolute Gasteiger partial charge is 0.225 e. The van der Waals surface area contributed by atoms with Crippen LogP contribution in [0.3, 0.4) is 0 Å². The third-order valence-electron chi connectivity index (χ3n) is 5.31. The van der Waals surface area contributed by atoms with Gasteiger partial charge in [-0.1, -0.05) is 0 Å². The first kappa shape index (κ1) is 15.6. The number of anilines is 1. The molecule has 4 heterocycles. The number of aromatic nitrogens is 4. The Balaban J connectivity index is 1.52. The number of rotatable bonds is 3. The summed E-state index contributed by atoms with van der Waals surface area (Å²) in [7, 11) is 2.06. The van der Waals surface area contributed by atoms with Gasteiger partial charge in [-0.05, 0) is 31.7 Å². The lowest BCUT2D eigenvalue weighted by molar-refractivity contribution is 0.269. The summed E-state index contributed by atoms with van der Waals surface area (Å²) in [6, 6.07) is 0. The second-order valence-electron chi connectivity index (χ2n) is 6.96. The highest BCUT2D eigenvalue weighted by atomic mass is 15.3. The van der Waals surface area contributed by atoms with Gasteiger partial charge in [0.1, 0.15) is 5.82 Å². The molecule has 6 nitrogen and oxygen atoms in total. The molecule has 6 heteroatoms. The lowest BCUT2D eigenvalue weighted by Gasteiger charge is -2.19. The molecule has 4 rings (SSSR count). The van der Waals surface area contributed by atoms with E-state index in [4.69, 9.17) is 9.97 Å². The average molecular weight is 326 g/mol. The van der Waals surface area contributed by atoms with Crippen molar-refractivity contribution in [2.24, 2.45) is 7.05 Å². The Labute approximate surface area is 143 Å². The lowest BCUT2D eigenvalue weighted by atomic mass is 10.1. The van der Waals surface area contributed by atoms with Crippen LogP contribution in [-0.2, 0) is 26.4 Å². The zero-order chi connectivity index (χ0) is 16.5. The maximum absolute atomic E-state index is 4.93. The molecule has 0 unspecified atom stereocenters. The van der Waals surface area contributed by atoms with Crippen molar-refractivity contribution < 1.29 is 0 Å². The number of hydrogen-bond acceptors (Lipinski definition) is 5. The highest BCUT2D eigenvalue weighted by molar-refractivity contribution is 5.38. The molecule has 128 valence electrons. The van der Waals surface area contributed by atoms with Gasteiger partial charge in [-0.25, -0.2) is 15.0 Å². The van der Waals surface area contributed by atoms with E-state index in [9.17, 15) is 0 Å². The molecule has 24 heavy (non-hydrogen) atoms. The molecule has 0 radical (unpaired) electrons. The van der Waals surface area contributed by atoms with Crippen LogP contribution in [0, 0.1) is 6.92 Å². The lowest BCUT2D eigenvalue weighted by Crippen LogP contribution is -2.27. The Hall–Kier alpha value is -1.95. The quantitative estimate of drug-likeness (QED) is 0.859. The minimum Gasteiger partial charge on any atom is -0.341 e. The summed E-state index contributed by atoms with van der Waals surface area (Å²) in [6.45, 7) is 7.34. The van der Waals surface area contributed by atoms with Crippen molar-refractivity contribution in [1.29, 1.82) is 0 Å². The van der Waals surface area contributed by atoms with E-state index < -0.39 is 0 Å². The summed E-state index contributed by atoms with van der Waals surface area (Å²) in [5, 5.41) is 0. The molecule has 1 saturated heterocycles. The largest absolute Gasteiger partial charge is 0.341 e. The fourth-order valence-electron chi connectivity index (χ4n) is 3.78. The minimum atomic E-state index is 0.906. The van der Waals surface area contributed by atoms with Gasteiger partial charge in [-0.3, -0.25) is 4.90 Å². The topological polar surface area (TPSA) is 50.1 Å². The number of nitrogens with zero attached hydrogens (tertiary/aromatic N) is 6. The first-order valence-electron chi connectivity index (χ1n) is 9.00. The van der Waals surface area contributed by atoms with Crippen molar-refractivity contribution in [2.75, 3.05) is 31.1 Å². The molecule has 0 spiro atoms. The Kier molecular flexibility index (Phi) is 4.22. The van der Waals surface area contributed by atoms with Crippen LogP contribution in [-0.4, -0.2) is 50.6 Å². The molecule has 0 atom stereocenters. The summed E-state index contributed by atoms with van der Waals surface area (Å²) in [5.41, 5.74) is 3.78. The number of fused-ring (bicyclic) bond motifs is 1. The third-order valence-corrected chi connectivity index (χ3v) is 5.31. The fraction of sp³-hybridized carbons (Fsp3) is 0.611. The molecule has 2 aliphatic heterocycles. The predicted molar refractivity (Wildman–Crippen MR) is 94.1 cm³/mol. The van der Waals surface area contributed by atoms with Crippen molar-refractivity contribution in [3.05, 3.63) is 35.2 Å². The first-order chi connectivity index (χ1) is 11.7. The summed E-state index contributed by atoms with van der Waals surface area (Å²) in [4.78, 5) is 19.0. The van der Waals surface area contributed by atoms with Crippen LogP contribution in [0.25, 0.3) is 0 Å². The summed E-state index contributed by atoms with van der Waals surface area (Å²) >= 11 is 0. The second kappa shape index (κ2) is 6.51. The van der Waals surface area contributed by atoms with Gasteiger partial charge < -0.3 is 9.47 Å². The molecule has 0 aliphatic carbocycles. The predicted octanol–water partition coefficient (Wildman–Crippen LogP) is 1.72. The van der Waals surface area contributed by atoms with Gasteiger partial charge in [0.25, 0.3) is 0 Å². The molecule has 2 aliphatic rings. The van der Waals surface area contributed by atoms with Gasteiger partial charge in [-0.2, -0.15) is 0 Å². The fourth-order valence-corrected chi connectivity index (χ4v) is 3.78. The average Bonchev–Trinajstić information content (AvgIpc) is 3.19. The van der Waals surface area contributed by atoms with E-state index in [1.54, 1.807) is 0 Å².